The Morgan fingerprint density at radius 2 is 2.37 bits per heavy atom. The smallest absolute Gasteiger partial charge is 0.223 e. The molecule has 0 bridgehead atoms. The number of carbonyl (C=O) groups excluding carboxylic acids is 1. The number of hydrogen-bond acceptors (Lipinski definition) is 4. The lowest BCUT2D eigenvalue weighted by molar-refractivity contribution is -0.134. The van der Waals surface area contributed by atoms with E-state index in [9.17, 15) is 4.79 Å². The highest BCUT2D eigenvalue weighted by atomic mass is 32.1. The molecule has 19 heavy (non-hydrogen) atoms. The highest BCUT2D eigenvalue weighted by Gasteiger charge is 2.34. The maximum Gasteiger partial charge on any atom is 0.223 e. The monoisotopic (exact) mass is 280 g/mol. The standard InChI is InChI=1S/C14H20N2O2S/c17-14(8-11-2-1-6-18-10-11)16(12-3-4-12)9-13-15-5-7-19-13/h5,7,11-12H,1-4,6,8-10H2. The van der Waals surface area contributed by atoms with Crippen molar-refractivity contribution in [3.8, 4) is 0 Å². The Labute approximate surface area is 117 Å². The minimum Gasteiger partial charge on any atom is -0.381 e. The molecule has 0 N–H and O–H groups in total. The zero-order valence-corrected chi connectivity index (χ0v) is 11.9. The molecule has 1 atom stereocenters. The molecule has 2 fully saturated rings. The zero-order chi connectivity index (χ0) is 13.1. The molecule has 104 valence electrons. The Morgan fingerprint density at radius 1 is 1.47 bits per heavy atom. The molecule has 1 aliphatic heterocycles. The first-order chi connectivity index (χ1) is 9.33. The summed E-state index contributed by atoms with van der Waals surface area (Å²) in [5, 5.41) is 3.01. The first-order valence-electron chi connectivity index (χ1n) is 7.08. The number of hydrogen-bond donors (Lipinski definition) is 0. The van der Waals surface area contributed by atoms with E-state index in [0.717, 1.165) is 43.9 Å². The molecule has 1 amide bonds. The van der Waals surface area contributed by atoms with Crippen LogP contribution < -0.4 is 0 Å². The molecular weight excluding hydrogens is 260 g/mol. The molecule has 3 rings (SSSR count). The van der Waals surface area contributed by atoms with Gasteiger partial charge in [0.05, 0.1) is 6.54 Å². The minimum absolute atomic E-state index is 0.285. The number of aromatic nitrogens is 1. The Bertz CT molecular complexity index is 411. The SMILES string of the molecule is O=C(CC1CCCOC1)N(Cc1nccs1)C1CC1. The summed E-state index contributed by atoms with van der Waals surface area (Å²) in [6.07, 6.45) is 6.97. The topological polar surface area (TPSA) is 42.4 Å². The summed E-state index contributed by atoms with van der Waals surface area (Å²) in [6.45, 7) is 2.30. The van der Waals surface area contributed by atoms with E-state index in [0.29, 0.717) is 24.9 Å². The highest BCUT2D eigenvalue weighted by molar-refractivity contribution is 7.09. The predicted molar refractivity (Wildman–Crippen MR) is 73.8 cm³/mol. The van der Waals surface area contributed by atoms with Crippen LogP contribution in [0.1, 0.15) is 37.1 Å². The summed E-state index contributed by atoms with van der Waals surface area (Å²) >= 11 is 1.63. The molecule has 1 unspecified atom stereocenters. The van der Waals surface area contributed by atoms with Crippen LogP contribution in [0.4, 0.5) is 0 Å². The fourth-order valence-electron chi connectivity index (χ4n) is 2.62. The summed E-state index contributed by atoms with van der Waals surface area (Å²) < 4.78 is 5.46. The van der Waals surface area contributed by atoms with Gasteiger partial charge in [0.25, 0.3) is 0 Å². The molecule has 1 aromatic heterocycles. The van der Waals surface area contributed by atoms with E-state index in [1.165, 1.54) is 0 Å². The fraction of sp³-hybridized carbons (Fsp3) is 0.714. The van der Waals surface area contributed by atoms with Gasteiger partial charge in [0.2, 0.25) is 5.91 Å². The average Bonchev–Trinajstić information content (AvgIpc) is 3.14. The molecule has 1 saturated heterocycles. The molecule has 4 nitrogen and oxygen atoms in total. The van der Waals surface area contributed by atoms with Crippen molar-refractivity contribution in [1.82, 2.24) is 9.88 Å². The van der Waals surface area contributed by atoms with Gasteiger partial charge in [-0.25, -0.2) is 4.98 Å². The van der Waals surface area contributed by atoms with Crippen molar-refractivity contribution in [3.05, 3.63) is 16.6 Å². The van der Waals surface area contributed by atoms with Gasteiger partial charge < -0.3 is 9.64 Å². The third-order valence-electron chi connectivity index (χ3n) is 3.81. The molecule has 2 aliphatic rings. The van der Waals surface area contributed by atoms with E-state index in [1.807, 2.05) is 16.5 Å². The van der Waals surface area contributed by atoms with E-state index in [-0.39, 0.29) is 5.91 Å². The van der Waals surface area contributed by atoms with Gasteiger partial charge in [-0.15, -0.1) is 11.3 Å². The number of thiazole rings is 1. The van der Waals surface area contributed by atoms with Crippen LogP contribution in [0.5, 0.6) is 0 Å². The first kappa shape index (κ1) is 13.1. The zero-order valence-electron chi connectivity index (χ0n) is 11.1. The largest absolute Gasteiger partial charge is 0.381 e. The van der Waals surface area contributed by atoms with E-state index >= 15 is 0 Å². The Hall–Kier alpha value is -0.940. The molecule has 1 aromatic rings. The Morgan fingerprint density at radius 3 is 3.00 bits per heavy atom. The number of amides is 1. The summed E-state index contributed by atoms with van der Waals surface area (Å²) in [6, 6.07) is 0.459. The molecule has 1 saturated carbocycles. The van der Waals surface area contributed by atoms with E-state index in [4.69, 9.17) is 4.74 Å². The van der Waals surface area contributed by atoms with Gasteiger partial charge in [0.15, 0.2) is 0 Å². The third-order valence-corrected chi connectivity index (χ3v) is 4.58. The second-order valence-electron chi connectivity index (χ2n) is 5.47. The molecule has 0 radical (unpaired) electrons. The van der Waals surface area contributed by atoms with Crippen LogP contribution in [-0.4, -0.2) is 35.0 Å². The Kier molecular flexibility index (Phi) is 4.13. The van der Waals surface area contributed by atoms with Gasteiger partial charge in [-0.1, -0.05) is 0 Å². The van der Waals surface area contributed by atoms with E-state index < -0.39 is 0 Å². The summed E-state index contributed by atoms with van der Waals surface area (Å²) in [5.41, 5.74) is 0. The predicted octanol–water partition coefficient (Wildman–Crippen LogP) is 2.45. The average molecular weight is 280 g/mol. The van der Waals surface area contributed by atoms with Crippen molar-refractivity contribution in [2.24, 2.45) is 5.92 Å². The van der Waals surface area contributed by atoms with Crippen LogP contribution in [-0.2, 0) is 16.1 Å². The van der Waals surface area contributed by atoms with Crippen molar-refractivity contribution in [2.75, 3.05) is 13.2 Å². The number of rotatable bonds is 5. The van der Waals surface area contributed by atoms with E-state index in [1.54, 1.807) is 11.3 Å². The maximum absolute atomic E-state index is 12.5. The quantitative estimate of drug-likeness (QED) is 0.832. The van der Waals surface area contributed by atoms with Gasteiger partial charge in [-0.05, 0) is 31.6 Å². The van der Waals surface area contributed by atoms with Crippen LogP contribution in [0.2, 0.25) is 0 Å². The first-order valence-corrected chi connectivity index (χ1v) is 7.96. The number of ether oxygens (including phenoxy) is 1. The van der Waals surface area contributed by atoms with Gasteiger partial charge in [0.1, 0.15) is 5.01 Å². The van der Waals surface area contributed by atoms with E-state index in [2.05, 4.69) is 4.98 Å². The number of carbonyl (C=O) groups is 1. The minimum atomic E-state index is 0.285. The van der Waals surface area contributed by atoms with Gasteiger partial charge in [0, 0.05) is 37.3 Å². The molecular formula is C14H20N2O2S. The lowest BCUT2D eigenvalue weighted by Crippen LogP contribution is -2.35. The van der Waals surface area contributed by atoms with Crippen molar-refractivity contribution in [1.29, 1.82) is 0 Å². The summed E-state index contributed by atoms with van der Waals surface area (Å²) in [5.74, 6) is 0.701. The summed E-state index contributed by atoms with van der Waals surface area (Å²) in [7, 11) is 0. The second-order valence-corrected chi connectivity index (χ2v) is 6.45. The van der Waals surface area contributed by atoms with Crippen LogP contribution in [0.25, 0.3) is 0 Å². The molecule has 0 spiro atoms. The second kappa shape index (κ2) is 6.01. The molecule has 0 aromatic carbocycles. The summed E-state index contributed by atoms with van der Waals surface area (Å²) in [4.78, 5) is 18.8. The normalized spacial score (nSPS) is 23.3. The molecule has 5 heteroatoms. The maximum atomic E-state index is 12.5. The fourth-order valence-corrected chi connectivity index (χ4v) is 3.23. The molecule has 2 heterocycles. The molecule has 1 aliphatic carbocycles. The highest BCUT2D eigenvalue weighted by Crippen LogP contribution is 2.30. The lowest BCUT2D eigenvalue weighted by Gasteiger charge is -2.26. The van der Waals surface area contributed by atoms with Crippen molar-refractivity contribution >= 4 is 17.2 Å². The van der Waals surface area contributed by atoms with Crippen LogP contribution in [0.3, 0.4) is 0 Å². The van der Waals surface area contributed by atoms with Crippen LogP contribution >= 0.6 is 11.3 Å². The van der Waals surface area contributed by atoms with Crippen LogP contribution in [0.15, 0.2) is 11.6 Å². The van der Waals surface area contributed by atoms with Crippen molar-refractivity contribution in [3.63, 3.8) is 0 Å². The van der Waals surface area contributed by atoms with Crippen molar-refractivity contribution in [2.45, 2.75) is 44.7 Å². The lowest BCUT2D eigenvalue weighted by atomic mass is 9.98. The van der Waals surface area contributed by atoms with Gasteiger partial charge in [-0.2, -0.15) is 0 Å². The Balaban J connectivity index is 1.57. The third kappa shape index (κ3) is 3.54. The number of nitrogens with zero attached hydrogens (tertiary/aromatic N) is 2. The van der Waals surface area contributed by atoms with Gasteiger partial charge >= 0.3 is 0 Å². The van der Waals surface area contributed by atoms with Gasteiger partial charge in [-0.3, -0.25) is 4.79 Å². The van der Waals surface area contributed by atoms with Crippen LogP contribution in [0, 0.1) is 5.92 Å². The van der Waals surface area contributed by atoms with Crippen molar-refractivity contribution < 1.29 is 9.53 Å².